The van der Waals surface area contributed by atoms with Crippen molar-refractivity contribution in [3.8, 4) is 0 Å². The molecule has 0 fully saturated rings. The highest BCUT2D eigenvalue weighted by Gasteiger charge is 2.15. The van der Waals surface area contributed by atoms with E-state index >= 15 is 0 Å². The molecule has 0 saturated heterocycles. The number of hydrogen-bond donors (Lipinski definition) is 2. The van der Waals surface area contributed by atoms with E-state index in [2.05, 4.69) is 9.47 Å². The highest BCUT2D eigenvalue weighted by molar-refractivity contribution is 5.60. The minimum atomic E-state index is -1.15. The van der Waals surface area contributed by atoms with Crippen LogP contribution in [0.3, 0.4) is 0 Å². The Kier molecular flexibility index (Phi) is 7.14. The van der Waals surface area contributed by atoms with E-state index < -0.39 is 18.7 Å². The third kappa shape index (κ3) is 6.68. The van der Waals surface area contributed by atoms with Crippen LogP contribution in [-0.4, -0.2) is 28.9 Å². The van der Waals surface area contributed by atoms with Crippen LogP contribution in [0.25, 0.3) is 0 Å². The van der Waals surface area contributed by atoms with Gasteiger partial charge >= 0.3 is 6.16 Å². The molecular weight excluding hydrogens is 188 g/mol. The first kappa shape index (κ1) is 13.2. The van der Waals surface area contributed by atoms with E-state index in [1.165, 1.54) is 0 Å². The van der Waals surface area contributed by atoms with Crippen LogP contribution in [0.15, 0.2) is 0 Å². The molecule has 5 nitrogen and oxygen atoms in total. The summed E-state index contributed by atoms with van der Waals surface area (Å²) in [6, 6.07) is 0. The second-order valence-electron chi connectivity index (χ2n) is 2.97. The van der Waals surface area contributed by atoms with Gasteiger partial charge in [-0.15, -0.1) is 0 Å². The van der Waals surface area contributed by atoms with E-state index in [9.17, 15) is 4.79 Å². The fourth-order valence-corrected chi connectivity index (χ4v) is 0.862. The number of carbonyl (C=O) groups excluding carboxylic acids is 1. The Morgan fingerprint density at radius 3 is 1.71 bits per heavy atom. The van der Waals surface area contributed by atoms with Crippen LogP contribution in [0.1, 0.15) is 39.5 Å². The van der Waals surface area contributed by atoms with Crippen LogP contribution in [0.5, 0.6) is 0 Å². The molecule has 0 rings (SSSR count). The average Bonchev–Trinajstić information content (AvgIpc) is 2.03. The maximum Gasteiger partial charge on any atom is 0.512 e. The highest BCUT2D eigenvalue weighted by Crippen LogP contribution is 2.04. The molecule has 84 valence electrons. The zero-order valence-corrected chi connectivity index (χ0v) is 8.60. The zero-order chi connectivity index (χ0) is 11.0. The fraction of sp³-hybridized carbons (Fsp3) is 0.889. The fourth-order valence-electron chi connectivity index (χ4n) is 0.862. The van der Waals surface area contributed by atoms with Gasteiger partial charge in [-0.25, -0.2) is 4.79 Å². The van der Waals surface area contributed by atoms with E-state index in [4.69, 9.17) is 10.2 Å². The van der Waals surface area contributed by atoms with Gasteiger partial charge in [0.25, 0.3) is 0 Å². The van der Waals surface area contributed by atoms with E-state index in [0.29, 0.717) is 25.7 Å². The SMILES string of the molecule is CCCC(O)OC(=O)OC(O)CCC. The molecule has 0 aromatic rings. The van der Waals surface area contributed by atoms with Gasteiger partial charge in [0.15, 0.2) is 0 Å². The van der Waals surface area contributed by atoms with Gasteiger partial charge in [0.1, 0.15) is 0 Å². The van der Waals surface area contributed by atoms with Gasteiger partial charge in [0.2, 0.25) is 12.6 Å². The van der Waals surface area contributed by atoms with Gasteiger partial charge in [0.05, 0.1) is 0 Å². The molecule has 0 amide bonds. The lowest BCUT2D eigenvalue weighted by Crippen LogP contribution is -2.23. The van der Waals surface area contributed by atoms with Gasteiger partial charge < -0.3 is 19.7 Å². The van der Waals surface area contributed by atoms with Crippen LogP contribution >= 0.6 is 0 Å². The van der Waals surface area contributed by atoms with Crippen LogP contribution in [0.4, 0.5) is 4.79 Å². The normalized spacial score (nSPS) is 14.6. The average molecular weight is 206 g/mol. The summed E-state index contributed by atoms with van der Waals surface area (Å²) < 4.78 is 8.88. The molecule has 0 spiro atoms. The van der Waals surface area contributed by atoms with Crippen LogP contribution in [0, 0.1) is 0 Å². The minimum Gasteiger partial charge on any atom is -0.405 e. The Morgan fingerprint density at radius 1 is 1.07 bits per heavy atom. The molecule has 2 atom stereocenters. The predicted octanol–water partition coefficient (Wildman–Crippen LogP) is 1.38. The Morgan fingerprint density at radius 2 is 1.43 bits per heavy atom. The number of hydrogen-bond acceptors (Lipinski definition) is 5. The second-order valence-corrected chi connectivity index (χ2v) is 2.97. The third-order valence-electron chi connectivity index (χ3n) is 1.54. The van der Waals surface area contributed by atoms with E-state index in [0.717, 1.165) is 0 Å². The van der Waals surface area contributed by atoms with Gasteiger partial charge in [-0.1, -0.05) is 26.7 Å². The van der Waals surface area contributed by atoms with Gasteiger partial charge in [-0.2, -0.15) is 0 Å². The quantitative estimate of drug-likeness (QED) is 0.507. The summed E-state index contributed by atoms with van der Waals surface area (Å²) in [7, 11) is 0. The number of aliphatic hydroxyl groups excluding tert-OH is 2. The van der Waals surface area contributed by atoms with Crippen molar-refractivity contribution in [2.45, 2.75) is 52.1 Å². The lowest BCUT2D eigenvalue weighted by molar-refractivity contribution is -0.129. The molecule has 0 aromatic heterocycles. The standard InChI is InChI=1S/C9H18O5/c1-3-5-7(10)13-9(12)14-8(11)6-4-2/h7-8,10-11H,3-6H2,1-2H3. The number of carbonyl (C=O) groups is 1. The van der Waals surface area contributed by atoms with Crippen molar-refractivity contribution in [1.82, 2.24) is 0 Å². The first-order valence-corrected chi connectivity index (χ1v) is 4.83. The summed E-state index contributed by atoms with van der Waals surface area (Å²) in [4.78, 5) is 10.8. The molecule has 0 radical (unpaired) electrons. The summed E-state index contributed by atoms with van der Waals surface area (Å²) >= 11 is 0. The summed E-state index contributed by atoms with van der Waals surface area (Å²) in [6.07, 6.45) is -1.22. The Bertz CT molecular complexity index is 143. The maximum atomic E-state index is 10.8. The molecule has 0 aliphatic rings. The first-order chi connectivity index (χ1) is 6.60. The van der Waals surface area contributed by atoms with Crippen LogP contribution in [-0.2, 0) is 9.47 Å². The molecule has 0 bridgehead atoms. The number of ether oxygens (including phenoxy) is 2. The molecule has 0 aromatic carbocycles. The van der Waals surface area contributed by atoms with Gasteiger partial charge in [0, 0.05) is 12.8 Å². The Hall–Kier alpha value is -0.810. The summed E-state index contributed by atoms with van der Waals surface area (Å²) in [5, 5.41) is 18.1. The molecule has 2 N–H and O–H groups in total. The van der Waals surface area contributed by atoms with Gasteiger partial charge in [-0.05, 0) is 0 Å². The molecule has 14 heavy (non-hydrogen) atoms. The topological polar surface area (TPSA) is 76.0 Å². The maximum absolute atomic E-state index is 10.8. The molecule has 5 heteroatoms. The third-order valence-corrected chi connectivity index (χ3v) is 1.54. The smallest absolute Gasteiger partial charge is 0.405 e. The van der Waals surface area contributed by atoms with E-state index in [-0.39, 0.29) is 0 Å². The lowest BCUT2D eigenvalue weighted by Gasteiger charge is -2.13. The summed E-state index contributed by atoms with van der Waals surface area (Å²) in [6.45, 7) is 3.70. The van der Waals surface area contributed by atoms with Crippen LogP contribution < -0.4 is 0 Å². The van der Waals surface area contributed by atoms with Crippen molar-refractivity contribution >= 4 is 6.16 Å². The minimum absolute atomic E-state index is 0.360. The van der Waals surface area contributed by atoms with Crippen molar-refractivity contribution in [1.29, 1.82) is 0 Å². The van der Waals surface area contributed by atoms with E-state index in [1.54, 1.807) is 0 Å². The highest BCUT2D eigenvalue weighted by atomic mass is 16.8. The predicted molar refractivity (Wildman–Crippen MR) is 49.4 cm³/mol. The van der Waals surface area contributed by atoms with Crippen molar-refractivity contribution < 1.29 is 24.5 Å². The Labute approximate surface area is 83.6 Å². The van der Waals surface area contributed by atoms with Crippen molar-refractivity contribution in [3.05, 3.63) is 0 Å². The lowest BCUT2D eigenvalue weighted by atomic mass is 10.3. The molecule has 0 heterocycles. The molecule has 0 aliphatic carbocycles. The number of rotatable bonds is 6. The summed E-state index contributed by atoms with van der Waals surface area (Å²) in [5.41, 5.74) is 0. The summed E-state index contributed by atoms with van der Waals surface area (Å²) in [5.74, 6) is 0. The Balaban J connectivity index is 3.63. The van der Waals surface area contributed by atoms with E-state index in [1.807, 2.05) is 13.8 Å². The van der Waals surface area contributed by atoms with Crippen molar-refractivity contribution in [3.63, 3.8) is 0 Å². The van der Waals surface area contributed by atoms with Gasteiger partial charge in [-0.3, -0.25) is 0 Å². The first-order valence-electron chi connectivity index (χ1n) is 4.83. The molecule has 2 unspecified atom stereocenters. The zero-order valence-electron chi connectivity index (χ0n) is 8.60. The van der Waals surface area contributed by atoms with Crippen molar-refractivity contribution in [2.24, 2.45) is 0 Å². The number of aliphatic hydroxyl groups is 2. The van der Waals surface area contributed by atoms with Crippen LogP contribution in [0.2, 0.25) is 0 Å². The molecule has 0 saturated carbocycles. The second kappa shape index (κ2) is 7.58. The molecular formula is C9H18O5. The monoisotopic (exact) mass is 206 g/mol. The largest absolute Gasteiger partial charge is 0.512 e. The van der Waals surface area contributed by atoms with Crippen molar-refractivity contribution in [2.75, 3.05) is 0 Å². The molecule has 0 aliphatic heterocycles.